The van der Waals surface area contributed by atoms with Gasteiger partial charge in [0.1, 0.15) is 23.8 Å². The Bertz CT molecular complexity index is 2230. The minimum atomic E-state index is -0.644. The number of hydrogen-bond donors (Lipinski definition) is 2. The van der Waals surface area contributed by atoms with Crippen LogP contribution in [0.5, 0.6) is 23.0 Å². The summed E-state index contributed by atoms with van der Waals surface area (Å²) in [6.45, 7) is 3.09. The van der Waals surface area contributed by atoms with Crippen molar-refractivity contribution < 1.29 is 33.7 Å². The fraction of sp³-hybridized carbons (Fsp3) is 0.341. The van der Waals surface area contributed by atoms with Gasteiger partial charge in [-0.1, -0.05) is 36.4 Å². The quantitative estimate of drug-likeness (QED) is 0.124. The number of H-pyrrole nitrogens is 1. The van der Waals surface area contributed by atoms with Crippen molar-refractivity contribution in [3.63, 3.8) is 0 Å². The number of imide groups is 1. The van der Waals surface area contributed by atoms with E-state index in [1.807, 2.05) is 60.7 Å². The summed E-state index contributed by atoms with van der Waals surface area (Å²) in [6.07, 6.45) is 1.49. The lowest BCUT2D eigenvalue weighted by atomic mass is 9.77. The van der Waals surface area contributed by atoms with Crippen LogP contribution in [-0.2, 0) is 16.1 Å². The number of amides is 3. The number of phenols is 1. The fourth-order valence-electron chi connectivity index (χ4n) is 8.23. The number of ether oxygens (including phenoxy) is 3. The third-order valence-corrected chi connectivity index (χ3v) is 11.6. The van der Waals surface area contributed by atoms with Gasteiger partial charge in [0.05, 0.1) is 31.9 Å². The molecular formula is C41H41ClN4O7. The molecule has 0 bridgehead atoms. The first kappa shape index (κ1) is 34.8. The number of aromatic nitrogens is 1. The van der Waals surface area contributed by atoms with Crippen molar-refractivity contribution in [2.75, 3.05) is 57.8 Å². The molecule has 0 unspecified atom stereocenters. The van der Waals surface area contributed by atoms with Gasteiger partial charge >= 0.3 is 0 Å². The standard InChI is InChI=1S/C41H41ClN4O7/c1-51-28-9-7-25(8-10-28)23-46-37(48)21-41(40(46)50)11-13-44(14-12-41)15-16-53-36-18-26-17-32(43-31(26)19-35(36)52-2)39(49)45-24-27(22-42)38-30-6-4-3-5-29(30)34(47)20-33(38)45/h3-10,17-20,27,43,47H,11-16,21-24H2,1-2H3/t27-/m1/s1. The summed E-state index contributed by atoms with van der Waals surface area (Å²) in [5.74, 6) is 1.80. The Labute approximate surface area is 312 Å². The molecule has 53 heavy (non-hydrogen) atoms. The van der Waals surface area contributed by atoms with Crippen LogP contribution in [-0.4, -0.2) is 90.5 Å². The normalized spacial score (nSPS) is 18.4. The molecule has 2 N–H and O–H groups in total. The zero-order valence-electron chi connectivity index (χ0n) is 29.7. The molecule has 2 fully saturated rings. The molecule has 4 aromatic carbocycles. The Morgan fingerprint density at radius 1 is 0.962 bits per heavy atom. The van der Waals surface area contributed by atoms with Crippen molar-refractivity contribution in [1.29, 1.82) is 0 Å². The van der Waals surface area contributed by atoms with Crippen LogP contribution in [0.4, 0.5) is 5.69 Å². The Hall–Kier alpha value is -5.26. The van der Waals surface area contributed by atoms with E-state index in [1.54, 1.807) is 31.3 Å². The number of carbonyl (C=O) groups is 3. The number of phenolic OH excluding ortho intramolecular Hbond substituents is 1. The predicted molar refractivity (Wildman–Crippen MR) is 202 cm³/mol. The van der Waals surface area contributed by atoms with E-state index in [0.29, 0.717) is 74.4 Å². The van der Waals surface area contributed by atoms with Crippen LogP contribution in [0.15, 0.2) is 72.8 Å². The number of piperidine rings is 1. The van der Waals surface area contributed by atoms with E-state index in [2.05, 4.69) is 9.88 Å². The number of alkyl halides is 1. The highest BCUT2D eigenvalue weighted by molar-refractivity contribution is 6.19. The topological polar surface area (TPSA) is 125 Å². The molecule has 4 heterocycles. The lowest BCUT2D eigenvalue weighted by molar-refractivity contribution is -0.143. The summed E-state index contributed by atoms with van der Waals surface area (Å²) in [7, 11) is 3.18. The number of aromatic hydroxyl groups is 1. The van der Waals surface area contributed by atoms with Crippen LogP contribution in [0.2, 0.25) is 0 Å². The van der Waals surface area contributed by atoms with E-state index in [-0.39, 0.29) is 42.4 Å². The molecule has 12 heteroatoms. The van der Waals surface area contributed by atoms with Gasteiger partial charge in [0.25, 0.3) is 5.91 Å². The molecule has 11 nitrogen and oxygen atoms in total. The maximum atomic E-state index is 14.0. The number of nitrogens with one attached hydrogen (secondary N) is 1. The van der Waals surface area contributed by atoms with Crippen LogP contribution in [0, 0.1) is 5.41 Å². The molecule has 5 aromatic rings. The molecule has 2 saturated heterocycles. The molecule has 3 aliphatic rings. The monoisotopic (exact) mass is 736 g/mol. The largest absolute Gasteiger partial charge is 0.507 e. The van der Waals surface area contributed by atoms with E-state index < -0.39 is 5.41 Å². The number of anilines is 1. The number of carbonyl (C=O) groups excluding carboxylic acids is 3. The minimum absolute atomic E-state index is 0.0722. The summed E-state index contributed by atoms with van der Waals surface area (Å²) in [5, 5.41) is 13.2. The summed E-state index contributed by atoms with van der Waals surface area (Å²) >= 11 is 6.41. The number of hydrogen-bond acceptors (Lipinski definition) is 8. The fourth-order valence-corrected chi connectivity index (χ4v) is 8.48. The van der Waals surface area contributed by atoms with Crippen molar-refractivity contribution in [3.8, 4) is 23.0 Å². The number of halogens is 1. The van der Waals surface area contributed by atoms with Gasteiger partial charge in [-0.3, -0.25) is 24.2 Å². The Morgan fingerprint density at radius 3 is 2.43 bits per heavy atom. The molecular weight excluding hydrogens is 696 g/mol. The zero-order valence-corrected chi connectivity index (χ0v) is 30.4. The predicted octanol–water partition coefficient (Wildman–Crippen LogP) is 6.45. The van der Waals surface area contributed by atoms with Crippen molar-refractivity contribution >= 4 is 56.7 Å². The number of methoxy groups -OCH3 is 2. The third kappa shape index (κ3) is 6.21. The highest BCUT2D eigenvalue weighted by Gasteiger charge is 2.52. The lowest BCUT2D eigenvalue weighted by Gasteiger charge is -2.37. The Kier molecular flexibility index (Phi) is 9.16. The van der Waals surface area contributed by atoms with E-state index in [0.717, 1.165) is 38.6 Å². The summed E-state index contributed by atoms with van der Waals surface area (Å²) in [5.41, 5.74) is 3.00. The maximum absolute atomic E-state index is 14.0. The number of benzene rings is 4. The Balaban J connectivity index is 0.911. The van der Waals surface area contributed by atoms with E-state index in [1.165, 1.54) is 4.90 Å². The van der Waals surface area contributed by atoms with Gasteiger partial charge in [0.2, 0.25) is 11.8 Å². The highest BCUT2D eigenvalue weighted by atomic mass is 35.5. The minimum Gasteiger partial charge on any atom is -0.507 e. The highest BCUT2D eigenvalue weighted by Crippen LogP contribution is 2.46. The number of aromatic amines is 1. The van der Waals surface area contributed by atoms with Gasteiger partial charge < -0.3 is 29.2 Å². The van der Waals surface area contributed by atoms with E-state index in [9.17, 15) is 19.5 Å². The smallest absolute Gasteiger partial charge is 0.274 e. The van der Waals surface area contributed by atoms with Crippen LogP contribution in [0.1, 0.15) is 46.8 Å². The molecule has 1 atom stereocenters. The average Bonchev–Trinajstić information content (AvgIpc) is 3.84. The molecule has 274 valence electrons. The second-order valence-corrected chi connectivity index (χ2v) is 14.5. The molecule has 3 aliphatic heterocycles. The number of rotatable bonds is 10. The first-order valence-corrected chi connectivity index (χ1v) is 18.4. The van der Waals surface area contributed by atoms with Crippen molar-refractivity contribution in [2.45, 2.75) is 31.7 Å². The summed E-state index contributed by atoms with van der Waals surface area (Å²) < 4.78 is 17.1. The van der Waals surface area contributed by atoms with Crippen LogP contribution in [0.3, 0.4) is 0 Å². The van der Waals surface area contributed by atoms with Gasteiger partial charge in [-0.2, -0.15) is 0 Å². The first-order valence-electron chi connectivity index (χ1n) is 17.9. The van der Waals surface area contributed by atoms with Gasteiger partial charge in [0.15, 0.2) is 11.5 Å². The molecule has 3 amide bonds. The van der Waals surface area contributed by atoms with E-state index >= 15 is 0 Å². The van der Waals surface area contributed by atoms with Gasteiger partial charge in [-0.25, -0.2) is 0 Å². The molecule has 0 radical (unpaired) electrons. The summed E-state index contributed by atoms with van der Waals surface area (Å²) in [6, 6.07) is 22.2. The molecule has 0 aliphatic carbocycles. The molecule has 0 saturated carbocycles. The third-order valence-electron chi connectivity index (χ3n) is 11.2. The van der Waals surface area contributed by atoms with Crippen LogP contribution < -0.4 is 19.1 Å². The molecule has 1 spiro atoms. The zero-order chi connectivity index (χ0) is 36.9. The van der Waals surface area contributed by atoms with Crippen molar-refractivity contribution in [1.82, 2.24) is 14.8 Å². The Morgan fingerprint density at radius 2 is 1.72 bits per heavy atom. The van der Waals surface area contributed by atoms with Gasteiger partial charge in [-0.05, 0) is 66.7 Å². The number of nitrogens with zero attached hydrogens (tertiary/aromatic N) is 3. The lowest BCUT2D eigenvalue weighted by Crippen LogP contribution is -2.45. The SMILES string of the molecule is COc1ccc(CN2C(=O)CC3(CCN(CCOc4cc5cc(C(=O)N6C[C@@H](CCl)c7c6cc(O)c6ccccc76)[nH]c5cc4OC)CC3)C2=O)cc1. The maximum Gasteiger partial charge on any atom is 0.274 e. The second-order valence-electron chi connectivity index (χ2n) is 14.2. The summed E-state index contributed by atoms with van der Waals surface area (Å²) in [4.78, 5) is 49.1. The molecule has 1 aromatic heterocycles. The van der Waals surface area contributed by atoms with Crippen LogP contribution >= 0.6 is 11.6 Å². The van der Waals surface area contributed by atoms with Crippen molar-refractivity contribution in [2.24, 2.45) is 5.41 Å². The number of fused-ring (bicyclic) bond motifs is 4. The number of likely N-dealkylation sites (tertiary alicyclic amines) is 2. The first-order chi connectivity index (χ1) is 25.7. The second kappa shape index (κ2) is 13.9. The van der Waals surface area contributed by atoms with E-state index in [4.69, 9.17) is 25.8 Å². The van der Waals surface area contributed by atoms with Crippen molar-refractivity contribution in [3.05, 3.63) is 89.6 Å². The van der Waals surface area contributed by atoms with Gasteiger partial charge in [0, 0.05) is 59.7 Å². The van der Waals surface area contributed by atoms with Gasteiger partial charge in [-0.15, -0.1) is 11.6 Å². The average molecular weight is 737 g/mol. The van der Waals surface area contributed by atoms with Crippen LogP contribution in [0.25, 0.3) is 21.7 Å². The molecule has 8 rings (SSSR count).